The standard InChI is InChI=1S/C11H15NO2S/c1-7-6-15(13)11-8(10(7)12)4-3-5-9(11)14-2/h3-5,7,10H,6,12H2,1-2H3. The maximum Gasteiger partial charge on any atom is 0.135 e. The van der Waals surface area contributed by atoms with Crippen molar-refractivity contribution in [2.24, 2.45) is 11.7 Å². The van der Waals surface area contributed by atoms with E-state index in [-0.39, 0.29) is 12.0 Å². The van der Waals surface area contributed by atoms with Crippen LogP contribution in [0.3, 0.4) is 0 Å². The summed E-state index contributed by atoms with van der Waals surface area (Å²) >= 11 is 0. The highest BCUT2D eigenvalue weighted by Gasteiger charge is 2.30. The SMILES string of the molecule is COc1cccc2c1S(=O)CC(C)C2N. The van der Waals surface area contributed by atoms with Crippen molar-refractivity contribution in [1.82, 2.24) is 0 Å². The molecule has 0 aliphatic carbocycles. The number of ether oxygens (including phenoxy) is 1. The van der Waals surface area contributed by atoms with Crippen molar-refractivity contribution < 1.29 is 8.95 Å². The molecule has 0 radical (unpaired) electrons. The van der Waals surface area contributed by atoms with Crippen molar-refractivity contribution in [2.45, 2.75) is 17.9 Å². The van der Waals surface area contributed by atoms with Gasteiger partial charge in [0.15, 0.2) is 0 Å². The molecule has 0 saturated heterocycles. The van der Waals surface area contributed by atoms with Gasteiger partial charge >= 0.3 is 0 Å². The molecule has 1 aromatic rings. The van der Waals surface area contributed by atoms with E-state index in [9.17, 15) is 4.21 Å². The predicted molar refractivity (Wildman–Crippen MR) is 60.4 cm³/mol. The maximum atomic E-state index is 12.0. The molecule has 15 heavy (non-hydrogen) atoms. The molecular formula is C11H15NO2S. The first-order chi connectivity index (χ1) is 7.15. The van der Waals surface area contributed by atoms with Gasteiger partial charge < -0.3 is 10.5 Å². The van der Waals surface area contributed by atoms with E-state index in [0.717, 1.165) is 10.5 Å². The molecule has 0 fully saturated rings. The highest BCUT2D eigenvalue weighted by atomic mass is 32.2. The zero-order valence-corrected chi connectivity index (χ0v) is 9.71. The van der Waals surface area contributed by atoms with Gasteiger partial charge in [0.1, 0.15) is 5.75 Å². The summed E-state index contributed by atoms with van der Waals surface area (Å²) in [6.45, 7) is 2.03. The van der Waals surface area contributed by atoms with Gasteiger partial charge in [-0.25, -0.2) is 0 Å². The van der Waals surface area contributed by atoms with Crippen LogP contribution >= 0.6 is 0 Å². The van der Waals surface area contributed by atoms with Gasteiger partial charge in [0.25, 0.3) is 0 Å². The lowest BCUT2D eigenvalue weighted by Crippen LogP contribution is -2.30. The largest absolute Gasteiger partial charge is 0.495 e. The van der Waals surface area contributed by atoms with Gasteiger partial charge in [0, 0.05) is 11.8 Å². The second-order valence-corrected chi connectivity index (χ2v) is 5.33. The van der Waals surface area contributed by atoms with Crippen molar-refractivity contribution >= 4 is 10.8 Å². The summed E-state index contributed by atoms with van der Waals surface area (Å²) < 4.78 is 17.2. The number of fused-ring (bicyclic) bond motifs is 1. The van der Waals surface area contributed by atoms with Crippen molar-refractivity contribution in [3.63, 3.8) is 0 Å². The minimum Gasteiger partial charge on any atom is -0.495 e. The molecule has 1 aromatic carbocycles. The molecule has 0 spiro atoms. The molecule has 1 aliphatic rings. The third-order valence-electron chi connectivity index (χ3n) is 2.84. The van der Waals surface area contributed by atoms with Crippen LogP contribution in [0.25, 0.3) is 0 Å². The minimum absolute atomic E-state index is 0.0344. The molecule has 0 saturated carbocycles. The van der Waals surface area contributed by atoms with Crippen LogP contribution in [0.5, 0.6) is 5.75 Å². The summed E-state index contributed by atoms with van der Waals surface area (Å²) in [5.41, 5.74) is 7.05. The first-order valence-electron chi connectivity index (χ1n) is 4.96. The first kappa shape index (κ1) is 10.6. The minimum atomic E-state index is -0.982. The molecule has 3 unspecified atom stereocenters. The van der Waals surface area contributed by atoms with Crippen LogP contribution in [0.4, 0.5) is 0 Å². The molecule has 1 aliphatic heterocycles. The summed E-state index contributed by atoms with van der Waals surface area (Å²) in [6.07, 6.45) is 0. The van der Waals surface area contributed by atoms with Crippen LogP contribution < -0.4 is 10.5 Å². The van der Waals surface area contributed by atoms with E-state index in [1.807, 2.05) is 25.1 Å². The molecule has 2 N–H and O–H groups in total. The van der Waals surface area contributed by atoms with Gasteiger partial charge in [0.05, 0.1) is 22.8 Å². The summed E-state index contributed by atoms with van der Waals surface area (Å²) in [4.78, 5) is 0.783. The number of hydrogen-bond donors (Lipinski definition) is 1. The Morgan fingerprint density at radius 1 is 1.53 bits per heavy atom. The van der Waals surface area contributed by atoms with Crippen LogP contribution in [-0.4, -0.2) is 17.1 Å². The molecule has 1 heterocycles. The van der Waals surface area contributed by atoms with Crippen LogP contribution in [0.2, 0.25) is 0 Å². The fourth-order valence-corrected chi connectivity index (χ4v) is 3.63. The Kier molecular flexibility index (Phi) is 2.80. The Bertz CT molecular complexity index is 406. The monoisotopic (exact) mass is 225 g/mol. The van der Waals surface area contributed by atoms with Crippen molar-refractivity contribution in [3.05, 3.63) is 23.8 Å². The van der Waals surface area contributed by atoms with E-state index < -0.39 is 10.8 Å². The van der Waals surface area contributed by atoms with Gasteiger partial charge in [-0.1, -0.05) is 19.1 Å². The lowest BCUT2D eigenvalue weighted by Gasteiger charge is -2.28. The topological polar surface area (TPSA) is 52.3 Å². The van der Waals surface area contributed by atoms with Crippen molar-refractivity contribution in [2.75, 3.05) is 12.9 Å². The quantitative estimate of drug-likeness (QED) is 0.787. The molecule has 82 valence electrons. The third kappa shape index (κ3) is 1.68. The van der Waals surface area contributed by atoms with Crippen LogP contribution in [0, 0.1) is 5.92 Å². The number of hydrogen-bond acceptors (Lipinski definition) is 3. The molecule has 3 atom stereocenters. The van der Waals surface area contributed by atoms with Gasteiger partial charge in [-0.2, -0.15) is 0 Å². The average molecular weight is 225 g/mol. The van der Waals surface area contributed by atoms with E-state index >= 15 is 0 Å². The molecule has 0 aromatic heterocycles. The summed E-state index contributed by atoms with van der Waals surface area (Å²) in [5, 5.41) is 0. The highest BCUT2D eigenvalue weighted by molar-refractivity contribution is 7.85. The normalized spacial score (nSPS) is 29.7. The Hall–Kier alpha value is -0.870. The number of benzene rings is 1. The van der Waals surface area contributed by atoms with Gasteiger partial charge in [0.2, 0.25) is 0 Å². The number of nitrogens with two attached hydrogens (primary N) is 1. The van der Waals surface area contributed by atoms with Crippen LogP contribution in [0.15, 0.2) is 23.1 Å². The maximum absolute atomic E-state index is 12.0. The lowest BCUT2D eigenvalue weighted by molar-refractivity contribution is 0.396. The number of rotatable bonds is 1. The third-order valence-corrected chi connectivity index (χ3v) is 4.56. The molecule has 0 amide bonds. The fraction of sp³-hybridized carbons (Fsp3) is 0.455. The van der Waals surface area contributed by atoms with Crippen LogP contribution in [-0.2, 0) is 10.8 Å². The van der Waals surface area contributed by atoms with E-state index in [2.05, 4.69) is 0 Å². The van der Waals surface area contributed by atoms with Gasteiger partial charge in [-0.3, -0.25) is 4.21 Å². The van der Waals surface area contributed by atoms with E-state index in [1.54, 1.807) is 7.11 Å². The Labute approximate surface area is 92.1 Å². The highest BCUT2D eigenvalue weighted by Crippen LogP contribution is 2.37. The van der Waals surface area contributed by atoms with Gasteiger partial charge in [-0.05, 0) is 17.5 Å². The Morgan fingerprint density at radius 2 is 2.27 bits per heavy atom. The molecule has 2 rings (SSSR count). The lowest BCUT2D eigenvalue weighted by atomic mass is 9.96. The summed E-state index contributed by atoms with van der Waals surface area (Å²) in [6, 6.07) is 5.63. The average Bonchev–Trinajstić information content (AvgIpc) is 2.25. The molecule has 3 nitrogen and oxygen atoms in total. The van der Waals surface area contributed by atoms with Crippen LogP contribution in [0.1, 0.15) is 18.5 Å². The number of methoxy groups -OCH3 is 1. The van der Waals surface area contributed by atoms with Crippen molar-refractivity contribution in [3.8, 4) is 5.75 Å². The zero-order valence-electron chi connectivity index (χ0n) is 8.90. The fourth-order valence-electron chi connectivity index (χ4n) is 1.93. The first-order valence-corrected chi connectivity index (χ1v) is 6.28. The second kappa shape index (κ2) is 3.94. The van der Waals surface area contributed by atoms with E-state index in [1.165, 1.54) is 0 Å². The Balaban J connectivity index is 2.59. The van der Waals surface area contributed by atoms with E-state index in [0.29, 0.717) is 11.5 Å². The predicted octanol–water partition coefficient (Wildman–Crippen LogP) is 1.45. The van der Waals surface area contributed by atoms with Crippen molar-refractivity contribution in [1.29, 1.82) is 0 Å². The second-order valence-electron chi connectivity index (χ2n) is 3.89. The Morgan fingerprint density at radius 3 is 2.93 bits per heavy atom. The summed E-state index contributed by atoms with van der Waals surface area (Å²) in [7, 11) is 0.611. The zero-order chi connectivity index (χ0) is 11.0. The molecule has 4 heteroatoms. The smallest absolute Gasteiger partial charge is 0.135 e. The summed E-state index contributed by atoms with van der Waals surface area (Å²) in [5.74, 6) is 1.56. The molecule has 0 bridgehead atoms. The van der Waals surface area contributed by atoms with Gasteiger partial charge in [-0.15, -0.1) is 0 Å². The molecular weight excluding hydrogens is 210 g/mol. The van der Waals surface area contributed by atoms with E-state index in [4.69, 9.17) is 10.5 Å².